The van der Waals surface area contributed by atoms with E-state index in [0.29, 0.717) is 31.1 Å². The Bertz CT molecular complexity index is 2630. The van der Waals surface area contributed by atoms with E-state index in [0.717, 1.165) is 81.2 Å². The molecule has 65 heavy (non-hydrogen) atoms. The van der Waals surface area contributed by atoms with Crippen molar-refractivity contribution in [3.63, 3.8) is 0 Å². The molecule has 0 saturated carbocycles. The Morgan fingerprint density at radius 3 is 2.15 bits per heavy atom. The molecule has 3 aromatic carbocycles. The van der Waals surface area contributed by atoms with Crippen molar-refractivity contribution < 1.29 is 38.1 Å². The second-order valence-electron chi connectivity index (χ2n) is 18.8. The summed E-state index contributed by atoms with van der Waals surface area (Å²) in [5.41, 5.74) is 6.58. The first kappa shape index (κ1) is 44.1. The second-order valence-corrected chi connectivity index (χ2v) is 18.8. The molecular weight excluding hydrogens is 829 g/mol. The van der Waals surface area contributed by atoms with E-state index in [1.807, 2.05) is 56.7 Å². The highest BCUT2D eigenvalue weighted by Crippen LogP contribution is 2.44. The molecule has 4 N–H and O–H groups in total. The van der Waals surface area contributed by atoms with Crippen LogP contribution < -0.4 is 15.4 Å². The molecule has 4 aliphatic rings. The van der Waals surface area contributed by atoms with Crippen LogP contribution in [0.5, 0.6) is 5.75 Å². The van der Waals surface area contributed by atoms with Crippen LogP contribution in [-0.4, -0.2) is 104 Å². The molecule has 3 fully saturated rings. The first-order chi connectivity index (χ1) is 31.2. The molecule has 344 valence electrons. The molecule has 6 heterocycles. The van der Waals surface area contributed by atoms with Gasteiger partial charge in [0.25, 0.3) is 0 Å². The van der Waals surface area contributed by atoms with Crippen LogP contribution in [0.15, 0.2) is 48.7 Å². The lowest BCUT2D eigenvalue weighted by atomic mass is 9.85. The van der Waals surface area contributed by atoms with Crippen LogP contribution in [-0.2, 0) is 30.4 Å². The first-order valence-corrected chi connectivity index (χ1v) is 23.0. The molecule has 3 saturated heterocycles. The Hall–Kier alpha value is -6.16. The minimum absolute atomic E-state index is 0.0193. The predicted octanol–water partition coefficient (Wildman–Crippen LogP) is 8.08. The lowest BCUT2D eigenvalue weighted by Gasteiger charge is -2.39. The Labute approximate surface area is 378 Å². The SMILES string of the molecule is COC(=O)NC(C(=O)N1[C@@H](C)CC[C@H]1c1ncc(-c2ccc3c(c2)COc2cc4c(ccc5nc([C@@H]6CC[C@H](C)N6C(=O)C(NC(=O)OC)C6CC(C)OC(C)C6)[nH]c54)cc2-3)[nH]1)C(C)C. The molecular formula is C49H60N8O8. The van der Waals surface area contributed by atoms with Gasteiger partial charge in [0.2, 0.25) is 11.8 Å². The smallest absolute Gasteiger partial charge is 0.407 e. The van der Waals surface area contributed by atoms with Gasteiger partial charge in [-0.2, -0.15) is 0 Å². The van der Waals surface area contributed by atoms with Crippen molar-refractivity contribution in [2.45, 2.75) is 135 Å². The minimum atomic E-state index is -0.755. The average molecular weight is 889 g/mol. The highest BCUT2D eigenvalue weighted by Gasteiger charge is 2.45. The highest BCUT2D eigenvalue weighted by molar-refractivity contribution is 6.07. The molecule has 0 radical (unpaired) electrons. The molecule has 2 aromatic heterocycles. The van der Waals surface area contributed by atoms with Crippen molar-refractivity contribution in [3.05, 3.63) is 65.9 Å². The van der Waals surface area contributed by atoms with Gasteiger partial charge in [0.05, 0.1) is 61.4 Å². The standard InChI is InChI=1S/C49H60N8O8/c1-24(2)41(54-48(60)62-7)46(58)56-25(3)9-15-38(56)44-50-22-37(52-44)30-11-13-33-32(19-30)23-64-40-21-34-29(20-35(33)40)12-14-36-43(34)53-45(51-36)39-16-10-26(4)57(39)47(59)42(55-49(61)63-8)31-17-27(5)65-28(6)18-31/h11-14,19-22,24-28,31,38-39,41-42H,9-10,15-18,23H2,1-8H3,(H,50,52)(H,51,53)(H,54,60)(H,55,61)/t25-,26-,27?,28?,31?,38-,39-,41?,42?/m0/s1. The second kappa shape index (κ2) is 17.7. The third-order valence-electron chi connectivity index (χ3n) is 14.1. The fourth-order valence-corrected chi connectivity index (χ4v) is 10.9. The number of alkyl carbamates (subject to hydrolysis) is 2. The normalized spacial score (nSPS) is 24.9. The van der Waals surface area contributed by atoms with Crippen LogP contribution in [0.2, 0.25) is 0 Å². The van der Waals surface area contributed by atoms with Gasteiger partial charge in [-0.25, -0.2) is 19.6 Å². The van der Waals surface area contributed by atoms with E-state index < -0.39 is 24.3 Å². The summed E-state index contributed by atoms with van der Waals surface area (Å²) in [5.74, 6) is 1.67. The van der Waals surface area contributed by atoms with Gasteiger partial charge in [-0.1, -0.05) is 32.0 Å². The molecule has 16 nitrogen and oxygen atoms in total. The van der Waals surface area contributed by atoms with E-state index in [9.17, 15) is 19.2 Å². The average Bonchev–Trinajstić information content (AvgIpc) is 4.11. The number of carbonyl (C=O) groups is 4. The van der Waals surface area contributed by atoms with Crippen molar-refractivity contribution >= 4 is 45.8 Å². The first-order valence-electron chi connectivity index (χ1n) is 23.0. The fraction of sp³-hybridized carbons (Fsp3) is 0.510. The summed E-state index contributed by atoms with van der Waals surface area (Å²) in [5, 5.41) is 7.62. The van der Waals surface area contributed by atoms with Crippen molar-refractivity contribution in [2.24, 2.45) is 11.8 Å². The number of H-pyrrole nitrogens is 2. The summed E-state index contributed by atoms with van der Waals surface area (Å²) < 4.78 is 22.3. The van der Waals surface area contributed by atoms with E-state index in [-0.39, 0.29) is 60.0 Å². The number of imidazole rings is 2. The van der Waals surface area contributed by atoms with Gasteiger partial charge in [-0.15, -0.1) is 0 Å². The molecule has 4 amide bonds. The number of benzene rings is 3. The van der Waals surface area contributed by atoms with Crippen LogP contribution in [0.1, 0.15) is 109 Å². The van der Waals surface area contributed by atoms with Crippen LogP contribution in [0.25, 0.3) is 44.2 Å². The van der Waals surface area contributed by atoms with Crippen LogP contribution in [0, 0.1) is 11.8 Å². The van der Waals surface area contributed by atoms with Gasteiger partial charge in [0.1, 0.15) is 36.1 Å². The van der Waals surface area contributed by atoms with Gasteiger partial charge < -0.3 is 49.3 Å². The van der Waals surface area contributed by atoms with Crippen molar-refractivity contribution in [3.8, 4) is 28.1 Å². The lowest BCUT2D eigenvalue weighted by Crippen LogP contribution is -2.55. The van der Waals surface area contributed by atoms with Crippen LogP contribution in [0.4, 0.5) is 9.59 Å². The topological polar surface area (TPSA) is 193 Å². The van der Waals surface area contributed by atoms with Gasteiger partial charge in [-0.3, -0.25) is 9.59 Å². The maximum atomic E-state index is 14.6. The quantitative estimate of drug-likeness (QED) is 0.112. The Balaban J connectivity index is 0.965. The minimum Gasteiger partial charge on any atom is -0.488 e. The van der Waals surface area contributed by atoms with Gasteiger partial charge >= 0.3 is 12.2 Å². The Morgan fingerprint density at radius 2 is 1.46 bits per heavy atom. The number of amides is 4. The molecule has 16 heteroatoms. The van der Waals surface area contributed by atoms with Crippen LogP contribution in [0.3, 0.4) is 0 Å². The summed E-state index contributed by atoms with van der Waals surface area (Å²) in [4.78, 5) is 74.0. The summed E-state index contributed by atoms with van der Waals surface area (Å²) >= 11 is 0. The molecule has 0 bridgehead atoms. The molecule has 4 aliphatic heterocycles. The number of rotatable bonds is 9. The number of carbonyl (C=O) groups excluding carboxylic acids is 4. The number of hydrogen-bond donors (Lipinski definition) is 4. The summed E-state index contributed by atoms with van der Waals surface area (Å²) in [7, 11) is 2.61. The largest absolute Gasteiger partial charge is 0.488 e. The van der Waals surface area contributed by atoms with E-state index >= 15 is 0 Å². The number of methoxy groups -OCH3 is 2. The summed E-state index contributed by atoms with van der Waals surface area (Å²) in [6.07, 6.45) is 4.91. The number of ether oxygens (including phenoxy) is 4. The van der Waals surface area contributed by atoms with Crippen LogP contribution >= 0.6 is 0 Å². The summed E-state index contributed by atoms with van der Waals surface area (Å²) in [6.45, 7) is 12.3. The number of nitrogens with zero attached hydrogens (tertiary/aromatic N) is 4. The molecule has 4 unspecified atom stereocenters. The van der Waals surface area contributed by atoms with Gasteiger partial charge in [-0.05, 0) is 124 Å². The fourth-order valence-electron chi connectivity index (χ4n) is 10.9. The molecule has 0 spiro atoms. The zero-order valence-electron chi connectivity index (χ0n) is 38.4. The zero-order chi connectivity index (χ0) is 45.8. The van der Waals surface area contributed by atoms with Crippen molar-refractivity contribution in [2.75, 3.05) is 14.2 Å². The number of aromatic nitrogens is 4. The Morgan fingerprint density at radius 1 is 0.785 bits per heavy atom. The predicted molar refractivity (Wildman–Crippen MR) is 244 cm³/mol. The zero-order valence-corrected chi connectivity index (χ0v) is 38.4. The van der Waals surface area contributed by atoms with E-state index in [2.05, 4.69) is 63.9 Å². The number of fused-ring (bicyclic) bond motifs is 6. The number of likely N-dealkylation sites (tertiary alicyclic amines) is 2. The Kier molecular flexibility index (Phi) is 12.0. The monoisotopic (exact) mass is 888 g/mol. The number of hydrogen-bond acceptors (Lipinski definition) is 10. The molecule has 0 aliphatic carbocycles. The van der Waals surface area contributed by atoms with E-state index in [4.69, 9.17) is 28.9 Å². The van der Waals surface area contributed by atoms with E-state index in [1.54, 1.807) is 0 Å². The maximum absolute atomic E-state index is 14.6. The summed E-state index contributed by atoms with van der Waals surface area (Å²) in [6, 6.07) is 12.6. The molecule has 9 rings (SSSR count). The third kappa shape index (κ3) is 8.25. The number of aromatic amines is 2. The molecule has 8 atom stereocenters. The van der Waals surface area contributed by atoms with E-state index in [1.165, 1.54) is 14.2 Å². The third-order valence-corrected chi connectivity index (χ3v) is 14.1. The maximum Gasteiger partial charge on any atom is 0.407 e. The van der Waals surface area contributed by atoms with Crippen molar-refractivity contribution in [1.82, 2.24) is 40.4 Å². The number of nitrogens with one attached hydrogen (secondary N) is 4. The highest BCUT2D eigenvalue weighted by atomic mass is 16.5. The lowest BCUT2D eigenvalue weighted by molar-refractivity contribution is -0.140. The molecule has 5 aromatic rings. The van der Waals surface area contributed by atoms with Gasteiger partial charge in [0.15, 0.2) is 0 Å². The van der Waals surface area contributed by atoms with Gasteiger partial charge in [0, 0.05) is 23.0 Å². The van der Waals surface area contributed by atoms with Crippen molar-refractivity contribution in [1.29, 1.82) is 0 Å².